The number of aliphatic hydroxyl groups excluding tert-OH is 1. The molecule has 1 atom stereocenters. The molecule has 0 saturated heterocycles. The molecule has 17 heavy (non-hydrogen) atoms. The molecule has 1 aromatic heterocycles. The Bertz CT molecular complexity index is 502. The van der Waals surface area contributed by atoms with Crippen LogP contribution < -0.4 is 0 Å². The lowest BCUT2D eigenvalue weighted by molar-refractivity contribution is 0.168. The molecule has 2 aromatic rings. The number of aromatic nitrogens is 2. The third kappa shape index (κ3) is 2.85. The first kappa shape index (κ1) is 11.7. The summed E-state index contributed by atoms with van der Waals surface area (Å²) in [6.07, 6.45) is 2.65. The van der Waals surface area contributed by atoms with E-state index in [4.69, 9.17) is 0 Å². The lowest BCUT2D eigenvalue weighted by Gasteiger charge is -2.11. The predicted octanol–water partition coefficient (Wildman–Crippen LogP) is 2.20. The molecule has 1 aromatic carbocycles. The van der Waals surface area contributed by atoms with Gasteiger partial charge in [0.15, 0.2) is 5.82 Å². The SMILES string of the molecule is Cc1ccc(F)cc1CC(O)c1ncccn1. The fraction of sp³-hybridized carbons (Fsp3) is 0.231. The summed E-state index contributed by atoms with van der Waals surface area (Å²) in [5.74, 6) is 0.0583. The molecule has 88 valence electrons. The largest absolute Gasteiger partial charge is 0.385 e. The van der Waals surface area contributed by atoms with Crippen LogP contribution in [0, 0.1) is 12.7 Å². The number of nitrogens with zero attached hydrogens (tertiary/aromatic N) is 2. The predicted molar refractivity (Wildman–Crippen MR) is 61.8 cm³/mol. The second kappa shape index (κ2) is 5.01. The first-order chi connectivity index (χ1) is 8.16. The smallest absolute Gasteiger partial charge is 0.157 e. The third-order valence-electron chi connectivity index (χ3n) is 2.61. The van der Waals surface area contributed by atoms with E-state index in [0.29, 0.717) is 12.2 Å². The lowest BCUT2D eigenvalue weighted by atomic mass is 10.0. The summed E-state index contributed by atoms with van der Waals surface area (Å²) < 4.78 is 13.1. The molecule has 0 aliphatic heterocycles. The Kier molecular flexibility index (Phi) is 3.44. The molecular weight excluding hydrogens is 219 g/mol. The van der Waals surface area contributed by atoms with Gasteiger partial charge in [-0.25, -0.2) is 14.4 Å². The molecular formula is C13H13FN2O. The van der Waals surface area contributed by atoms with Crippen molar-refractivity contribution < 1.29 is 9.50 Å². The van der Waals surface area contributed by atoms with Gasteiger partial charge in [-0.15, -0.1) is 0 Å². The summed E-state index contributed by atoms with van der Waals surface area (Å²) in [4.78, 5) is 7.94. The van der Waals surface area contributed by atoms with Crippen LogP contribution >= 0.6 is 0 Å². The first-order valence-electron chi connectivity index (χ1n) is 5.37. The minimum atomic E-state index is -0.809. The molecule has 1 N–H and O–H groups in total. The van der Waals surface area contributed by atoms with Crippen LogP contribution in [0.2, 0.25) is 0 Å². The van der Waals surface area contributed by atoms with Crippen LogP contribution in [-0.4, -0.2) is 15.1 Å². The van der Waals surface area contributed by atoms with E-state index in [1.807, 2.05) is 6.92 Å². The number of aliphatic hydroxyl groups is 1. The van der Waals surface area contributed by atoms with Gasteiger partial charge in [0.05, 0.1) is 0 Å². The number of hydrogen-bond acceptors (Lipinski definition) is 3. The zero-order chi connectivity index (χ0) is 12.3. The number of benzene rings is 1. The highest BCUT2D eigenvalue weighted by Crippen LogP contribution is 2.18. The van der Waals surface area contributed by atoms with Crippen LogP contribution in [0.4, 0.5) is 4.39 Å². The average Bonchev–Trinajstić information content (AvgIpc) is 2.35. The van der Waals surface area contributed by atoms with E-state index in [9.17, 15) is 9.50 Å². The molecule has 0 spiro atoms. The summed E-state index contributed by atoms with van der Waals surface area (Å²) in [5, 5.41) is 9.94. The minimum absolute atomic E-state index is 0.299. The van der Waals surface area contributed by atoms with Crippen LogP contribution in [0.1, 0.15) is 23.1 Å². The van der Waals surface area contributed by atoms with E-state index in [1.54, 1.807) is 24.5 Å². The standard InChI is InChI=1S/C13H13FN2O/c1-9-3-4-11(14)7-10(9)8-12(17)13-15-5-2-6-16-13/h2-7,12,17H,8H2,1H3. The van der Waals surface area contributed by atoms with Gasteiger partial charge >= 0.3 is 0 Å². The van der Waals surface area contributed by atoms with Crippen molar-refractivity contribution in [3.63, 3.8) is 0 Å². The Hall–Kier alpha value is -1.81. The molecule has 0 aliphatic rings. The molecule has 1 heterocycles. The summed E-state index contributed by atoms with van der Waals surface area (Å²) in [6, 6.07) is 6.22. The molecule has 4 heteroatoms. The zero-order valence-corrected chi connectivity index (χ0v) is 9.47. The molecule has 0 bridgehead atoms. The van der Waals surface area contributed by atoms with Gasteiger partial charge in [-0.2, -0.15) is 0 Å². The Morgan fingerprint density at radius 2 is 2.00 bits per heavy atom. The molecule has 0 saturated carbocycles. The first-order valence-corrected chi connectivity index (χ1v) is 5.37. The maximum absolute atomic E-state index is 13.1. The highest BCUT2D eigenvalue weighted by molar-refractivity contribution is 5.27. The van der Waals surface area contributed by atoms with Gasteiger partial charge < -0.3 is 5.11 Å². The Balaban J connectivity index is 2.18. The number of halogens is 1. The second-order valence-corrected chi connectivity index (χ2v) is 3.90. The lowest BCUT2D eigenvalue weighted by Crippen LogP contribution is -2.07. The Morgan fingerprint density at radius 1 is 1.29 bits per heavy atom. The Labute approximate surface area is 99.0 Å². The van der Waals surface area contributed by atoms with Crippen LogP contribution in [-0.2, 0) is 6.42 Å². The van der Waals surface area contributed by atoms with E-state index in [2.05, 4.69) is 9.97 Å². The summed E-state index contributed by atoms with van der Waals surface area (Å²) in [6.45, 7) is 1.88. The van der Waals surface area contributed by atoms with E-state index in [1.165, 1.54) is 12.1 Å². The van der Waals surface area contributed by atoms with E-state index in [-0.39, 0.29) is 5.82 Å². The minimum Gasteiger partial charge on any atom is -0.385 e. The monoisotopic (exact) mass is 232 g/mol. The molecule has 2 rings (SSSR count). The summed E-state index contributed by atoms with van der Waals surface area (Å²) in [7, 11) is 0. The van der Waals surface area contributed by atoms with Gasteiger partial charge in [0.25, 0.3) is 0 Å². The molecule has 0 fully saturated rings. The number of rotatable bonds is 3. The zero-order valence-electron chi connectivity index (χ0n) is 9.47. The van der Waals surface area contributed by atoms with Crippen molar-refractivity contribution in [3.8, 4) is 0 Å². The van der Waals surface area contributed by atoms with Gasteiger partial charge in [-0.1, -0.05) is 6.07 Å². The van der Waals surface area contributed by atoms with Crippen molar-refractivity contribution in [1.82, 2.24) is 9.97 Å². The highest BCUT2D eigenvalue weighted by atomic mass is 19.1. The van der Waals surface area contributed by atoms with Gasteiger partial charge in [0, 0.05) is 18.8 Å². The van der Waals surface area contributed by atoms with Crippen LogP contribution in [0.25, 0.3) is 0 Å². The average molecular weight is 232 g/mol. The van der Waals surface area contributed by atoms with Crippen LogP contribution in [0.15, 0.2) is 36.7 Å². The topological polar surface area (TPSA) is 46.0 Å². The van der Waals surface area contributed by atoms with Gasteiger partial charge in [0.2, 0.25) is 0 Å². The number of hydrogen-bond donors (Lipinski definition) is 1. The Morgan fingerprint density at radius 3 is 2.71 bits per heavy atom. The van der Waals surface area contributed by atoms with Crippen LogP contribution in [0.5, 0.6) is 0 Å². The molecule has 3 nitrogen and oxygen atoms in total. The normalized spacial score (nSPS) is 12.4. The highest BCUT2D eigenvalue weighted by Gasteiger charge is 2.12. The van der Waals surface area contributed by atoms with Crippen molar-refractivity contribution in [2.75, 3.05) is 0 Å². The maximum atomic E-state index is 13.1. The summed E-state index contributed by atoms with van der Waals surface area (Å²) in [5.41, 5.74) is 1.71. The fourth-order valence-electron chi connectivity index (χ4n) is 1.64. The molecule has 1 unspecified atom stereocenters. The number of aryl methyl sites for hydroxylation is 1. The molecule has 0 amide bonds. The van der Waals surface area contributed by atoms with Crippen LogP contribution in [0.3, 0.4) is 0 Å². The fourth-order valence-corrected chi connectivity index (χ4v) is 1.64. The van der Waals surface area contributed by atoms with Crippen molar-refractivity contribution in [1.29, 1.82) is 0 Å². The van der Waals surface area contributed by atoms with Gasteiger partial charge in [-0.05, 0) is 36.2 Å². The quantitative estimate of drug-likeness (QED) is 0.882. The molecule has 0 radical (unpaired) electrons. The van der Waals surface area contributed by atoms with E-state index < -0.39 is 6.10 Å². The van der Waals surface area contributed by atoms with Gasteiger partial charge in [0.1, 0.15) is 11.9 Å². The van der Waals surface area contributed by atoms with Gasteiger partial charge in [-0.3, -0.25) is 0 Å². The second-order valence-electron chi connectivity index (χ2n) is 3.90. The van der Waals surface area contributed by atoms with Crippen molar-refractivity contribution in [2.45, 2.75) is 19.4 Å². The third-order valence-corrected chi connectivity index (χ3v) is 2.61. The van der Waals surface area contributed by atoms with Crippen molar-refractivity contribution >= 4 is 0 Å². The van der Waals surface area contributed by atoms with Crippen molar-refractivity contribution in [2.24, 2.45) is 0 Å². The van der Waals surface area contributed by atoms with E-state index in [0.717, 1.165) is 11.1 Å². The maximum Gasteiger partial charge on any atom is 0.157 e. The summed E-state index contributed by atoms with van der Waals surface area (Å²) >= 11 is 0. The molecule has 0 aliphatic carbocycles. The van der Waals surface area contributed by atoms with E-state index >= 15 is 0 Å². The van der Waals surface area contributed by atoms with Crippen molar-refractivity contribution in [3.05, 3.63) is 59.4 Å².